The van der Waals surface area contributed by atoms with Gasteiger partial charge in [-0.2, -0.15) is 0 Å². The zero-order chi connectivity index (χ0) is 16.7. The number of rotatable bonds is 3. The minimum atomic E-state index is -0.288. The van der Waals surface area contributed by atoms with Gasteiger partial charge >= 0.3 is 5.63 Å². The van der Waals surface area contributed by atoms with E-state index in [1.165, 1.54) is 10.5 Å². The Morgan fingerprint density at radius 3 is 2.96 bits per heavy atom. The molecule has 5 heteroatoms. The van der Waals surface area contributed by atoms with Crippen LogP contribution in [0.2, 0.25) is 0 Å². The molecule has 1 aromatic heterocycles. The summed E-state index contributed by atoms with van der Waals surface area (Å²) in [5.41, 5.74) is 3.55. The normalized spacial score (nSPS) is 23.2. The lowest BCUT2D eigenvalue weighted by molar-refractivity contribution is -0.935. The molecule has 1 N–H and O–H groups in total. The van der Waals surface area contributed by atoms with Gasteiger partial charge in [0.1, 0.15) is 30.5 Å². The van der Waals surface area contributed by atoms with Crippen molar-refractivity contribution in [2.75, 3.05) is 19.9 Å². The van der Waals surface area contributed by atoms with Gasteiger partial charge in [0.2, 0.25) is 6.73 Å². The zero-order valence-electron chi connectivity index (χ0n) is 14.3. The van der Waals surface area contributed by atoms with Gasteiger partial charge in [-0.05, 0) is 37.8 Å². The van der Waals surface area contributed by atoms with E-state index in [2.05, 4.69) is 13.0 Å². The molecule has 1 fully saturated rings. The van der Waals surface area contributed by atoms with E-state index in [4.69, 9.17) is 13.9 Å². The highest BCUT2D eigenvalue weighted by molar-refractivity contribution is 5.86. The van der Waals surface area contributed by atoms with Gasteiger partial charge in [-0.15, -0.1) is 0 Å². The van der Waals surface area contributed by atoms with Crippen LogP contribution in [-0.4, -0.2) is 26.0 Å². The fourth-order valence-electron chi connectivity index (χ4n) is 3.95. The molecule has 2 aliphatic heterocycles. The Bertz CT molecular complexity index is 820. The summed E-state index contributed by atoms with van der Waals surface area (Å²) in [6.45, 7) is 7.48. The van der Waals surface area contributed by atoms with Crippen LogP contribution in [0.1, 0.15) is 36.5 Å². The first-order valence-corrected chi connectivity index (χ1v) is 8.83. The fourth-order valence-corrected chi connectivity index (χ4v) is 3.95. The van der Waals surface area contributed by atoms with Crippen molar-refractivity contribution in [1.29, 1.82) is 0 Å². The molecule has 2 atom stereocenters. The van der Waals surface area contributed by atoms with Gasteiger partial charge in [0.15, 0.2) is 0 Å². The topological polar surface area (TPSA) is 53.1 Å². The van der Waals surface area contributed by atoms with E-state index in [1.807, 2.05) is 6.92 Å². The summed E-state index contributed by atoms with van der Waals surface area (Å²) in [6, 6.07) is 3.75. The molecule has 128 valence electrons. The third-order valence-electron chi connectivity index (χ3n) is 5.16. The van der Waals surface area contributed by atoms with Gasteiger partial charge in [-0.3, -0.25) is 4.90 Å². The van der Waals surface area contributed by atoms with E-state index in [0.29, 0.717) is 18.4 Å². The predicted molar refractivity (Wildman–Crippen MR) is 90.6 cm³/mol. The highest BCUT2D eigenvalue weighted by Crippen LogP contribution is 2.33. The van der Waals surface area contributed by atoms with Crippen LogP contribution in [-0.2, 0) is 17.7 Å². The molecule has 3 heterocycles. The van der Waals surface area contributed by atoms with Gasteiger partial charge in [-0.25, -0.2) is 4.79 Å². The lowest BCUT2D eigenvalue weighted by Crippen LogP contribution is -3.13. The van der Waals surface area contributed by atoms with Crippen LogP contribution in [0.4, 0.5) is 0 Å². The maximum absolute atomic E-state index is 11.8. The van der Waals surface area contributed by atoms with E-state index in [-0.39, 0.29) is 5.63 Å². The van der Waals surface area contributed by atoms with Crippen LogP contribution in [0.3, 0.4) is 0 Å². The van der Waals surface area contributed by atoms with E-state index >= 15 is 0 Å². The summed E-state index contributed by atoms with van der Waals surface area (Å²) < 4.78 is 17.3. The summed E-state index contributed by atoms with van der Waals surface area (Å²) in [5.74, 6) is 0.884. The molecule has 2 aromatic rings. The number of hydrogen-bond donors (Lipinski definition) is 1. The molecular formula is C19H24NO4+. The molecule has 1 aromatic carbocycles. The largest absolute Gasteiger partial charge is 0.444 e. The highest BCUT2D eigenvalue weighted by atomic mass is 16.5. The molecular weight excluding hydrogens is 306 g/mol. The fraction of sp³-hybridized carbons (Fsp3) is 0.526. The van der Waals surface area contributed by atoms with Crippen molar-refractivity contribution in [3.05, 3.63) is 39.2 Å². The average Bonchev–Trinajstić information content (AvgIpc) is 3.08. The van der Waals surface area contributed by atoms with Gasteiger partial charge in [0, 0.05) is 29.2 Å². The van der Waals surface area contributed by atoms with Crippen molar-refractivity contribution in [2.45, 2.75) is 45.8 Å². The van der Waals surface area contributed by atoms with Crippen LogP contribution < -0.4 is 15.3 Å². The van der Waals surface area contributed by atoms with Crippen LogP contribution in [0.5, 0.6) is 5.75 Å². The van der Waals surface area contributed by atoms with Crippen molar-refractivity contribution >= 4 is 11.0 Å². The molecule has 1 unspecified atom stereocenters. The minimum absolute atomic E-state index is 0.288. The first kappa shape index (κ1) is 15.7. The monoisotopic (exact) mass is 330 g/mol. The quantitative estimate of drug-likeness (QED) is 0.868. The molecule has 0 amide bonds. The van der Waals surface area contributed by atoms with Crippen LogP contribution in [0.25, 0.3) is 11.0 Å². The lowest BCUT2D eigenvalue weighted by Gasteiger charge is -2.29. The first-order valence-electron chi connectivity index (χ1n) is 8.83. The Balaban J connectivity index is 1.71. The number of hydrogen-bond acceptors (Lipinski definition) is 4. The Hall–Kier alpha value is -1.85. The number of ether oxygens (including phenoxy) is 2. The average molecular weight is 330 g/mol. The second kappa shape index (κ2) is 6.22. The maximum atomic E-state index is 11.8. The predicted octanol–water partition coefficient (Wildman–Crippen LogP) is 1.58. The summed E-state index contributed by atoms with van der Waals surface area (Å²) in [4.78, 5) is 13.2. The summed E-state index contributed by atoms with van der Waals surface area (Å²) >= 11 is 0. The number of quaternary nitrogens is 1. The van der Waals surface area contributed by atoms with E-state index < -0.39 is 0 Å². The minimum Gasteiger partial charge on any atom is -0.444 e. The third-order valence-corrected chi connectivity index (χ3v) is 5.16. The number of nitrogens with one attached hydrogen (secondary N) is 1. The molecule has 5 nitrogen and oxygen atoms in total. The Kier molecular flexibility index (Phi) is 4.06. The van der Waals surface area contributed by atoms with Gasteiger partial charge in [0.05, 0.1) is 0 Å². The van der Waals surface area contributed by atoms with Crippen LogP contribution in [0, 0.1) is 6.92 Å². The molecule has 1 saturated heterocycles. The molecule has 0 aliphatic carbocycles. The lowest BCUT2D eigenvalue weighted by atomic mass is 9.99. The first-order chi connectivity index (χ1) is 11.7. The van der Waals surface area contributed by atoms with Gasteiger partial charge in [-0.1, -0.05) is 6.92 Å². The SMILES string of the molecule is CCc1cc(=O)oc2c(C)c3c(cc12)C[NH+](C[C@H]1CCCO1)CO3. The van der Waals surface area contributed by atoms with Crippen molar-refractivity contribution in [3.8, 4) is 5.75 Å². The third kappa shape index (κ3) is 2.72. The van der Waals surface area contributed by atoms with E-state index in [9.17, 15) is 4.79 Å². The molecule has 0 spiro atoms. The zero-order valence-corrected chi connectivity index (χ0v) is 14.3. The van der Waals surface area contributed by atoms with E-state index in [0.717, 1.165) is 61.2 Å². The molecule has 4 rings (SSSR count). The number of benzene rings is 1. The molecule has 0 bridgehead atoms. The smallest absolute Gasteiger partial charge is 0.336 e. The van der Waals surface area contributed by atoms with Crippen molar-refractivity contribution in [1.82, 2.24) is 0 Å². The van der Waals surface area contributed by atoms with E-state index in [1.54, 1.807) is 6.07 Å². The second-order valence-electron chi connectivity index (χ2n) is 6.87. The Morgan fingerprint density at radius 2 is 2.21 bits per heavy atom. The van der Waals surface area contributed by atoms with Crippen LogP contribution >= 0.6 is 0 Å². The van der Waals surface area contributed by atoms with Crippen molar-refractivity contribution in [3.63, 3.8) is 0 Å². The number of aryl methyl sites for hydroxylation is 2. The summed E-state index contributed by atoms with van der Waals surface area (Å²) in [5, 5.41) is 1.04. The van der Waals surface area contributed by atoms with Gasteiger partial charge in [0.25, 0.3) is 0 Å². The Labute approximate surface area is 141 Å². The summed E-state index contributed by atoms with van der Waals surface area (Å²) in [7, 11) is 0. The standard InChI is InChI=1S/C19H23NO4/c1-3-13-8-17(21)24-19-12(2)18-14(7-16(13)19)9-20(11-23-18)10-15-5-4-6-22-15/h7-8,15H,3-6,9-11H2,1-2H3/p+1/t15-/m1/s1. The van der Waals surface area contributed by atoms with Crippen LogP contribution in [0.15, 0.2) is 21.3 Å². The van der Waals surface area contributed by atoms with Crippen molar-refractivity contribution in [2.24, 2.45) is 0 Å². The second-order valence-corrected chi connectivity index (χ2v) is 6.87. The van der Waals surface area contributed by atoms with Crippen molar-refractivity contribution < 1.29 is 18.8 Å². The highest BCUT2D eigenvalue weighted by Gasteiger charge is 2.28. The molecule has 0 radical (unpaired) electrons. The number of fused-ring (bicyclic) bond motifs is 2. The molecule has 24 heavy (non-hydrogen) atoms. The summed E-state index contributed by atoms with van der Waals surface area (Å²) in [6.07, 6.45) is 3.49. The molecule has 2 aliphatic rings. The maximum Gasteiger partial charge on any atom is 0.336 e. The van der Waals surface area contributed by atoms with Gasteiger partial charge < -0.3 is 13.9 Å². The molecule has 0 saturated carbocycles. The Morgan fingerprint density at radius 1 is 1.33 bits per heavy atom.